The zero-order valence-corrected chi connectivity index (χ0v) is 16.6. The minimum Gasteiger partial charge on any atom is -0.380 e. The molecule has 2 aromatic carbocycles. The number of aryl methyl sites for hydroxylation is 1. The van der Waals surface area contributed by atoms with Gasteiger partial charge in [0, 0.05) is 12.5 Å². The summed E-state index contributed by atoms with van der Waals surface area (Å²) in [6.45, 7) is 5.98. The SMILES string of the molecule is CC.COCc1ccc2c(C)nn(C(=O)c3c(Cl)cccc3C(F)(F)F)c2c1. The summed E-state index contributed by atoms with van der Waals surface area (Å²) >= 11 is 5.94. The van der Waals surface area contributed by atoms with E-state index in [2.05, 4.69) is 5.10 Å². The van der Waals surface area contributed by atoms with Crippen LogP contribution in [0.5, 0.6) is 0 Å². The Labute approximate surface area is 165 Å². The van der Waals surface area contributed by atoms with Crippen LogP contribution in [-0.2, 0) is 17.5 Å². The third-order valence-corrected chi connectivity index (χ3v) is 4.28. The maximum absolute atomic E-state index is 13.3. The van der Waals surface area contributed by atoms with Crippen LogP contribution >= 0.6 is 11.6 Å². The summed E-state index contributed by atoms with van der Waals surface area (Å²) < 4.78 is 46.0. The number of aromatic nitrogens is 2. The van der Waals surface area contributed by atoms with Gasteiger partial charge in [-0.25, -0.2) is 0 Å². The fourth-order valence-corrected chi connectivity index (χ4v) is 3.07. The summed E-state index contributed by atoms with van der Waals surface area (Å²) in [5, 5.41) is 4.52. The highest BCUT2D eigenvalue weighted by Gasteiger charge is 2.37. The molecular formula is C20H20ClF3N2O2. The Morgan fingerprint density at radius 1 is 1.21 bits per heavy atom. The molecule has 0 saturated carbocycles. The molecule has 0 radical (unpaired) electrons. The molecule has 8 heteroatoms. The van der Waals surface area contributed by atoms with Gasteiger partial charge in [0.15, 0.2) is 0 Å². The summed E-state index contributed by atoms with van der Waals surface area (Å²) in [6.07, 6.45) is -4.71. The van der Waals surface area contributed by atoms with Gasteiger partial charge < -0.3 is 4.74 Å². The maximum atomic E-state index is 13.3. The summed E-state index contributed by atoms with van der Waals surface area (Å²) in [4.78, 5) is 12.9. The molecule has 0 spiro atoms. The number of hydrogen-bond acceptors (Lipinski definition) is 3. The number of fused-ring (bicyclic) bond motifs is 1. The molecular weight excluding hydrogens is 393 g/mol. The number of benzene rings is 2. The summed E-state index contributed by atoms with van der Waals surface area (Å²) in [5.74, 6) is -0.935. The van der Waals surface area contributed by atoms with Gasteiger partial charge in [0.2, 0.25) is 0 Å². The Balaban J connectivity index is 0.00000136. The zero-order chi connectivity index (χ0) is 21.1. The van der Waals surface area contributed by atoms with Crippen molar-refractivity contribution in [2.75, 3.05) is 7.11 Å². The quantitative estimate of drug-likeness (QED) is 0.539. The summed E-state index contributed by atoms with van der Waals surface area (Å²) in [6, 6.07) is 8.47. The number of alkyl halides is 3. The molecule has 0 aliphatic rings. The molecule has 3 aromatic rings. The molecule has 0 aliphatic carbocycles. The van der Waals surface area contributed by atoms with E-state index in [9.17, 15) is 18.0 Å². The van der Waals surface area contributed by atoms with E-state index in [1.165, 1.54) is 13.2 Å². The summed E-state index contributed by atoms with van der Waals surface area (Å²) in [7, 11) is 1.53. The first-order chi connectivity index (χ1) is 13.2. The largest absolute Gasteiger partial charge is 0.417 e. The van der Waals surface area contributed by atoms with Crippen LogP contribution in [0.2, 0.25) is 5.02 Å². The second-order valence-corrected chi connectivity index (χ2v) is 6.15. The average Bonchev–Trinajstić information content (AvgIpc) is 2.98. The topological polar surface area (TPSA) is 44.1 Å². The van der Waals surface area contributed by atoms with Crippen molar-refractivity contribution in [3.05, 3.63) is 63.8 Å². The number of halogens is 4. The Morgan fingerprint density at radius 2 is 1.89 bits per heavy atom. The number of nitrogens with zero attached hydrogens (tertiary/aromatic N) is 2. The standard InChI is InChI=1S/C18H14ClF3N2O2.C2H6/c1-10-12-7-6-11(9-26-2)8-15(12)24(23-10)17(25)16-13(18(20,21)22)4-3-5-14(16)19;1-2/h3-8H,9H2,1-2H3;1-2H3. The Hall–Kier alpha value is -2.38. The van der Waals surface area contributed by atoms with E-state index in [1.807, 2.05) is 19.9 Å². The van der Waals surface area contributed by atoms with Crippen LogP contribution in [0.3, 0.4) is 0 Å². The predicted octanol–water partition coefficient (Wildman–Crippen LogP) is 5.88. The molecule has 0 unspecified atom stereocenters. The number of carbonyl (C=O) groups is 1. The van der Waals surface area contributed by atoms with Gasteiger partial charge in [0.05, 0.1) is 34.0 Å². The third-order valence-electron chi connectivity index (χ3n) is 3.97. The Bertz CT molecular complexity index is 997. The minimum absolute atomic E-state index is 0.279. The van der Waals surface area contributed by atoms with Gasteiger partial charge >= 0.3 is 6.18 Å². The molecule has 0 N–H and O–H groups in total. The van der Waals surface area contributed by atoms with E-state index >= 15 is 0 Å². The first-order valence-electron chi connectivity index (χ1n) is 8.61. The molecule has 4 nitrogen and oxygen atoms in total. The van der Waals surface area contributed by atoms with Gasteiger partial charge in [-0.1, -0.05) is 43.6 Å². The second-order valence-electron chi connectivity index (χ2n) is 5.75. The van der Waals surface area contributed by atoms with Gasteiger partial charge in [-0.2, -0.15) is 23.0 Å². The third kappa shape index (κ3) is 4.20. The highest BCUT2D eigenvalue weighted by Crippen LogP contribution is 2.36. The van der Waals surface area contributed by atoms with E-state index in [-0.39, 0.29) is 5.02 Å². The lowest BCUT2D eigenvalue weighted by Crippen LogP contribution is -2.20. The molecule has 28 heavy (non-hydrogen) atoms. The second kappa shape index (κ2) is 8.75. The van der Waals surface area contributed by atoms with Crippen LogP contribution in [0.15, 0.2) is 36.4 Å². The molecule has 1 heterocycles. The van der Waals surface area contributed by atoms with Crippen molar-refractivity contribution in [2.45, 2.75) is 33.6 Å². The Kier molecular flexibility index (Phi) is 6.85. The first kappa shape index (κ1) is 21.9. The van der Waals surface area contributed by atoms with Crippen molar-refractivity contribution in [3.8, 4) is 0 Å². The molecule has 0 bridgehead atoms. The van der Waals surface area contributed by atoms with Crippen LogP contribution in [0.4, 0.5) is 13.2 Å². The number of methoxy groups -OCH3 is 1. The fourth-order valence-electron chi connectivity index (χ4n) is 2.81. The highest BCUT2D eigenvalue weighted by atomic mass is 35.5. The maximum Gasteiger partial charge on any atom is 0.417 e. The van der Waals surface area contributed by atoms with E-state index in [0.717, 1.165) is 22.4 Å². The van der Waals surface area contributed by atoms with Crippen LogP contribution in [0, 0.1) is 6.92 Å². The monoisotopic (exact) mass is 412 g/mol. The van der Waals surface area contributed by atoms with Crippen molar-refractivity contribution in [1.29, 1.82) is 0 Å². The number of ether oxygens (including phenoxy) is 1. The van der Waals surface area contributed by atoms with Crippen LogP contribution in [0.1, 0.15) is 41.0 Å². The van der Waals surface area contributed by atoms with E-state index < -0.39 is 23.2 Å². The number of rotatable bonds is 3. The lowest BCUT2D eigenvalue weighted by atomic mass is 10.1. The highest BCUT2D eigenvalue weighted by molar-refractivity contribution is 6.34. The van der Waals surface area contributed by atoms with Crippen molar-refractivity contribution < 1.29 is 22.7 Å². The van der Waals surface area contributed by atoms with Crippen LogP contribution in [-0.4, -0.2) is 22.8 Å². The predicted molar refractivity (Wildman–Crippen MR) is 103 cm³/mol. The van der Waals surface area contributed by atoms with Crippen LogP contribution < -0.4 is 0 Å². The van der Waals surface area contributed by atoms with Gasteiger partial charge in [-0.15, -0.1) is 0 Å². The van der Waals surface area contributed by atoms with Crippen LogP contribution in [0.25, 0.3) is 10.9 Å². The lowest BCUT2D eigenvalue weighted by molar-refractivity contribution is -0.137. The van der Waals surface area contributed by atoms with Crippen molar-refractivity contribution in [2.24, 2.45) is 0 Å². The fraction of sp³-hybridized carbons (Fsp3) is 0.300. The van der Waals surface area contributed by atoms with E-state index in [1.54, 1.807) is 19.1 Å². The molecule has 0 fully saturated rings. The number of hydrogen-bond donors (Lipinski definition) is 0. The van der Waals surface area contributed by atoms with E-state index in [0.29, 0.717) is 23.2 Å². The number of carbonyl (C=O) groups excluding carboxylic acids is 1. The zero-order valence-electron chi connectivity index (χ0n) is 15.9. The molecule has 3 rings (SSSR count). The molecule has 0 saturated heterocycles. The Morgan fingerprint density at radius 3 is 2.50 bits per heavy atom. The molecule has 0 aliphatic heterocycles. The van der Waals surface area contributed by atoms with Crippen molar-refractivity contribution >= 4 is 28.4 Å². The normalized spacial score (nSPS) is 11.3. The van der Waals surface area contributed by atoms with Gasteiger partial charge in [0.1, 0.15) is 0 Å². The molecule has 150 valence electrons. The van der Waals surface area contributed by atoms with Crippen molar-refractivity contribution in [1.82, 2.24) is 9.78 Å². The first-order valence-corrected chi connectivity index (χ1v) is 8.99. The molecule has 0 atom stereocenters. The summed E-state index contributed by atoms with van der Waals surface area (Å²) in [5.41, 5.74) is -0.0234. The van der Waals surface area contributed by atoms with E-state index in [4.69, 9.17) is 16.3 Å². The minimum atomic E-state index is -4.71. The lowest BCUT2D eigenvalue weighted by Gasteiger charge is -2.13. The average molecular weight is 413 g/mol. The van der Waals surface area contributed by atoms with Gasteiger partial charge in [-0.05, 0) is 30.7 Å². The molecule has 1 aromatic heterocycles. The smallest absolute Gasteiger partial charge is 0.380 e. The van der Waals surface area contributed by atoms with Crippen molar-refractivity contribution in [3.63, 3.8) is 0 Å². The van der Waals surface area contributed by atoms with Gasteiger partial charge in [0.25, 0.3) is 5.91 Å². The molecule has 0 amide bonds. The van der Waals surface area contributed by atoms with Gasteiger partial charge in [-0.3, -0.25) is 4.79 Å².